The fourth-order valence-electron chi connectivity index (χ4n) is 6.69. The second-order valence-corrected chi connectivity index (χ2v) is 13.5. The zero-order valence-electron chi connectivity index (χ0n) is 29.4. The van der Waals surface area contributed by atoms with Gasteiger partial charge in [-0.2, -0.15) is 39.5 Å². The van der Waals surface area contributed by atoms with Crippen LogP contribution in [0.15, 0.2) is 48.5 Å². The lowest BCUT2D eigenvalue weighted by Crippen LogP contribution is -2.41. The van der Waals surface area contributed by atoms with Crippen molar-refractivity contribution in [1.29, 1.82) is 0 Å². The molecule has 1 aliphatic rings. The third-order valence-electron chi connectivity index (χ3n) is 9.59. The van der Waals surface area contributed by atoms with Crippen LogP contribution in [-0.2, 0) is 29.9 Å². The average molecular weight is 764 g/mol. The molecule has 3 aromatic carbocycles. The number of benzene rings is 3. The monoisotopic (exact) mass is 763 g/mol. The molecule has 0 saturated heterocycles. The van der Waals surface area contributed by atoms with Crippen LogP contribution >= 0.6 is 0 Å². The first-order valence-electron chi connectivity index (χ1n) is 17.1. The number of aliphatic carboxylic acids is 1. The number of aliphatic hydroxyl groups is 1. The van der Waals surface area contributed by atoms with E-state index in [-0.39, 0.29) is 61.4 Å². The number of halogens is 9. The lowest BCUT2D eigenvalue weighted by atomic mass is 9.87. The first-order valence-corrected chi connectivity index (χ1v) is 17.1. The highest BCUT2D eigenvalue weighted by atomic mass is 19.4. The summed E-state index contributed by atoms with van der Waals surface area (Å²) in [5.41, 5.74) is -3.51. The molecule has 1 aliphatic carbocycles. The van der Waals surface area contributed by atoms with Crippen LogP contribution in [-0.4, -0.2) is 47.4 Å². The summed E-state index contributed by atoms with van der Waals surface area (Å²) < 4.78 is 136. The molecule has 0 bridgehead atoms. The molecule has 6 nitrogen and oxygen atoms in total. The highest BCUT2D eigenvalue weighted by Crippen LogP contribution is 2.42. The van der Waals surface area contributed by atoms with Crippen molar-refractivity contribution < 1.29 is 64.0 Å². The Morgan fingerprint density at radius 3 is 1.98 bits per heavy atom. The number of ether oxygens (including phenoxy) is 2. The molecule has 1 fully saturated rings. The van der Waals surface area contributed by atoms with Gasteiger partial charge < -0.3 is 19.7 Å². The molecule has 3 aromatic rings. The molecule has 0 amide bonds. The number of carbonyl (C=O) groups is 1. The van der Waals surface area contributed by atoms with Gasteiger partial charge in [-0.15, -0.1) is 0 Å². The third kappa shape index (κ3) is 11.0. The van der Waals surface area contributed by atoms with Crippen molar-refractivity contribution >= 4 is 5.97 Å². The predicted octanol–water partition coefficient (Wildman–Crippen LogP) is 10.5. The van der Waals surface area contributed by atoms with Crippen molar-refractivity contribution in [2.45, 2.75) is 96.0 Å². The average Bonchev–Trinajstić information content (AvgIpc) is 3.08. The molecule has 2 N–H and O–H groups in total. The Balaban J connectivity index is 1.83. The molecular formula is C38H42F9NO5. The number of methoxy groups -OCH3 is 1. The quantitative estimate of drug-likeness (QED) is 0.126. The van der Waals surface area contributed by atoms with Crippen LogP contribution in [0, 0.1) is 12.8 Å². The molecule has 0 aromatic heterocycles. The van der Waals surface area contributed by atoms with E-state index in [2.05, 4.69) is 0 Å². The maximum Gasteiger partial charge on any atom is 0.416 e. The highest BCUT2D eigenvalue weighted by Gasteiger charge is 2.39. The number of aliphatic hydroxyl groups excluding tert-OH is 1. The summed E-state index contributed by atoms with van der Waals surface area (Å²) in [5.74, 6) is -0.414. The molecule has 0 heterocycles. The van der Waals surface area contributed by atoms with Crippen LogP contribution in [0.3, 0.4) is 0 Å². The van der Waals surface area contributed by atoms with Crippen LogP contribution < -0.4 is 9.47 Å². The molecule has 53 heavy (non-hydrogen) atoms. The lowest BCUT2D eigenvalue weighted by molar-refractivity contribution is -0.143. The van der Waals surface area contributed by atoms with E-state index in [1.807, 2.05) is 0 Å². The molecule has 292 valence electrons. The van der Waals surface area contributed by atoms with E-state index in [1.54, 1.807) is 24.0 Å². The summed E-state index contributed by atoms with van der Waals surface area (Å²) in [6.45, 7) is 3.09. The van der Waals surface area contributed by atoms with E-state index >= 15 is 0 Å². The zero-order chi connectivity index (χ0) is 39.3. The van der Waals surface area contributed by atoms with Crippen LogP contribution in [0.1, 0.15) is 91.4 Å². The van der Waals surface area contributed by atoms with Crippen molar-refractivity contribution in [2.75, 3.05) is 20.3 Å². The number of nitrogens with zero attached hydrogens (tertiary/aromatic N) is 1. The van der Waals surface area contributed by atoms with Gasteiger partial charge in [-0.05, 0) is 104 Å². The Hall–Kier alpha value is -3.98. The summed E-state index contributed by atoms with van der Waals surface area (Å²) in [6, 6.07) is 5.97. The van der Waals surface area contributed by atoms with E-state index in [1.165, 1.54) is 20.1 Å². The minimum Gasteiger partial charge on any atom is -0.496 e. The van der Waals surface area contributed by atoms with E-state index in [0.717, 1.165) is 44.2 Å². The Morgan fingerprint density at radius 2 is 1.43 bits per heavy atom. The fourth-order valence-corrected chi connectivity index (χ4v) is 6.69. The summed E-state index contributed by atoms with van der Waals surface area (Å²) in [6.07, 6.45) is -12.8. The van der Waals surface area contributed by atoms with Gasteiger partial charge in [-0.25, -0.2) is 0 Å². The fraction of sp³-hybridized carbons (Fsp3) is 0.500. The van der Waals surface area contributed by atoms with Gasteiger partial charge in [-0.1, -0.05) is 25.3 Å². The summed E-state index contributed by atoms with van der Waals surface area (Å²) in [5, 5.41) is 20.5. The summed E-state index contributed by atoms with van der Waals surface area (Å²) >= 11 is 0. The summed E-state index contributed by atoms with van der Waals surface area (Å²) in [7, 11) is 1.37. The largest absolute Gasteiger partial charge is 0.496 e. The van der Waals surface area contributed by atoms with E-state index in [0.29, 0.717) is 29.0 Å². The van der Waals surface area contributed by atoms with Crippen molar-refractivity contribution in [2.24, 2.45) is 5.92 Å². The minimum atomic E-state index is -5.15. The maximum atomic E-state index is 14.2. The standard InChI is InChI=1S/C38H42F9NO5/c1-22-14-33(52-3)31(19-32(22)53-13-7-10-34(49)50)30-12-11-27(36(39,40)41)17-26(30)21-48(20-24-8-5-4-6-9-24)23(2)35(51)25-15-28(37(42,43)44)18-29(16-25)38(45,46)47/h11-12,14-19,23-24,35,51H,4-10,13,20-21H2,1-3H3,(H,49,50). The van der Waals surface area contributed by atoms with Crippen LogP contribution in [0.4, 0.5) is 39.5 Å². The van der Waals surface area contributed by atoms with Crippen molar-refractivity contribution in [1.82, 2.24) is 4.90 Å². The minimum absolute atomic E-state index is 0.000361. The first-order chi connectivity index (χ1) is 24.7. The Morgan fingerprint density at radius 1 is 0.830 bits per heavy atom. The Bertz CT molecular complexity index is 1680. The Labute approximate surface area is 301 Å². The van der Waals surface area contributed by atoms with Crippen molar-refractivity contribution in [3.05, 3.63) is 81.9 Å². The maximum absolute atomic E-state index is 14.2. The first kappa shape index (κ1) is 41.8. The number of carboxylic acid groups (broad SMARTS) is 1. The van der Waals surface area contributed by atoms with Crippen molar-refractivity contribution in [3.63, 3.8) is 0 Å². The molecule has 1 saturated carbocycles. The van der Waals surface area contributed by atoms with Gasteiger partial charge in [0.1, 0.15) is 11.5 Å². The number of hydrogen-bond acceptors (Lipinski definition) is 5. The van der Waals surface area contributed by atoms with Crippen LogP contribution in [0.25, 0.3) is 11.1 Å². The Kier molecular flexibility index (Phi) is 13.4. The third-order valence-corrected chi connectivity index (χ3v) is 9.59. The van der Waals surface area contributed by atoms with Crippen LogP contribution in [0.2, 0.25) is 0 Å². The molecule has 15 heteroatoms. The number of alkyl halides is 9. The zero-order valence-corrected chi connectivity index (χ0v) is 29.4. The van der Waals surface area contributed by atoms with Gasteiger partial charge >= 0.3 is 24.5 Å². The topological polar surface area (TPSA) is 79.2 Å². The molecule has 4 rings (SSSR count). The van der Waals surface area contributed by atoms with Crippen LogP contribution in [0.5, 0.6) is 11.5 Å². The van der Waals surface area contributed by atoms with E-state index in [9.17, 15) is 49.4 Å². The van der Waals surface area contributed by atoms with Gasteiger partial charge in [-0.3, -0.25) is 9.69 Å². The second-order valence-electron chi connectivity index (χ2n) is 13.5. The number of carboxylic acids is 1. The predicted molar refractivity (Wildman–Crippen MR) is 178 cm³/mol. The SMILES string of the molecule is COc1cc(C)c(OCCCC(=O)O)cc1-c1ccc(C(F)(F)F)cc1CN(CC1CCCCC1)C(C)C(O)c1cc(C(F)(F)F)cc(C(F)(F)F)c1. The van der Waals surface area contributed by atoms with E-state index in [4.69, 9.17) is 14.6 Å². The van der Waals surface area contributed by atoms with Gasteiger partial charge in [0, 0.05) is 31.1 Å². The molecule has 0 spiro atoms. The van der Waals surface area contributed by atoms with E-state index < -0.39 is 58.9 Å². The van der Waals surface area contributed by atoms with Gasteiger partial charge in [0.15, 0.2) is 0 Å². The van der Waals surface area contributed by atoms with Gasteiger partial charge in [0.2, 0.25) is 0 Å². The summed E-state index contributed by atoms with van der Waals surface area (Å²) in [4.78, 5) is 12.6. The molecule has 2 unspecified atom stereocenters. The second kappa shape index (κ2) is 17.0. The molecule has 0 radical (unpaired) electrons. The smallest absolute Gasteiger partial charge is 0.416 e. The molecular weight excluding hydrogens is 721 g/mol. The van der Waals surface area contributed by atoms with Gasteiger partial charge in [0.25, 0.3) is 0 Å². The van der Waals surface area contributed by atoms with Gasteiger partial charge in [0.05, 0.1) is 36.5 Å². The molecule has 2 atom stereocenters. The molecule has 0 aliphatic heterocycles. The normalized spacial score (nSPS) is 15.7. The highest BCUT2D eigenvalue weighted by molar-refractivity contribution is 5.76. The van der Waals surface area contributed by atoms with Crippen molar-refractivity contribution in [3.8, 4) is 22.6 Å². The number of rotatable bonds is 14. The lowest BCUT2D eigenvalue weighted by Gasteiger charge is -2.37. The number of aryl methyl sites for hydroxylation is 1. The number of hydrogen-bond donors (Lipinski definition) is 2.